The van der Waals surface area contributed by atoms with Gasteiger partial charge in [0.15, 0.2) is 0 Å². The van der Waals surface area contributed by atoms with E-state index in [0.717, 1.165) is 13.0 Å². The predicted molar refractivity (Wildman–Crippen MR) is 94.8 cm³/mol. The highest BCUT2D eigenvalue weighted by atomic mass is 14.9. The van der Waals surface area contributed by atoms with E-state index >= 15 is 0 Å². The summed E-state index contributed by atoms with van der Waals surface area (Å²) in [7, 11) is 0. The van der Waals surface area contributed by atoms with Crippen LogP contribution in [0.3, 0.4) is 0 Å². The third kappa shape index (κ3) is 5.22. The van der Waals surface area contributed by atoms with E-state index in [1.807, 2.05) is 0 Å². The maximum absolute atomic E-state index is 3.52. The maximum Gasteiger partial charge on any atom is 0.0124 e. The quantitative estimate of drug-likeness (QED) is 0.784. The molecular formula is C20H33N. The Morgan fingerprint density at radius 1 is 1.10 bits per heavy atom. The van der Waals surface area contributed by atoms with Crippen LogP contribution in [-0.4, -0.2) is 6.54 Å². The molecule has 0 aromatic heterocycles. The van der Waals surface area contributed by atoms with Gasteiger partial charge in [-0.15, -0.1) is 0 Å². The van der Waals surface area contributed by atoms with Crippen LogP contribution in [0.5, 0.6) is 0 Å². The summed E-state index contributed by atoms with van der Waals surface area (Å²) < 4.78 is 0. The van der Waals surface area contributed by atoms with Crippen molar-refractivity contribution in [3.05, 3.63) is 46.7 Å². The minimum absolute atomic E-state index is 0.172. The third-order valence-corrected chi connectivity index (χ3v) is 3.92. The molecule has 1 aromatic carbocycles. The van der Waals surface area contributed by atoms with Crippen molar-refractivity contribution in [3.8, 4) is 0 Å². The van der Waals surface area contributed by atoms with E-state index in [0.29, 0.717) is 0 Å². The lowest BCUT2D eigenvalue weighted by Gasteiger charge is -2.25. The van der Waals surface area contributed by atoms with Crippen LogP contribution in [0.2, 0.25) is 0 Å². The number of rotatable bonds is 4. The van der Waals surface area contributed by atoms with Gasteiger partial charge in [0.25, 0.3) is 0 Å². The number of aryl methyl sites for hydroxylation is 1. The second-order valence-corrected chi connectivity index (χ2v) is 7.99. The molecule has 0 aliphatic heterocycles. The molecular weight excluding hydrogens is 254 g/mol. The lowest BCUT2D eigenvalue weighted by Crippen LogP contribution is -2.24. The molecule has 21 heavy (non-hydrogen) atoms. The average Bonchev–Trinajstić information content (AvgIpc) is 2.33. The van der Waals surface area contributed by atoms with Crippen LogP contribution in [0.25, 0.3) is 0 Å². The van der Waals surface area contributed by atoms with Crippen LogP contribution in [0.15, 0.2) is 30.0 Å². The van der Waals surface area contributed by atoms with Gasteiger partial charge in [-0.05, 0) is 42.4 Å². The van der Waals surface area contributed by atoms with Crippen molar-refractivity contribution in [2.45, 2.75) is 67.2 Å². The first-order chi connectivity index (χ1) is 9.55. The van der Waals surface area contributed by atoms with Crippen molar-refractivity contribution < 1.29 is 0 Å². The van der Waals surface area contributed by atoms with Crippen molar-refractivity contribution in [3.63, 3.8) is 0 Å². The van der Waals surface area contributed by atoms with E-state index in [2.05, 4.69) is 85.0 Å². The number of hydrogen-bond acceptors (Lipinski definition) is 1. The van der Waals surface area contributed by atoms with Crippen molar-refractivity contribution in [2.75, 3.05) is 6.54 Å². The number of allylic oxidation sites excluding steroid dienone is 2. The lowest BCUT2D eigenvalue weighted by molar-refractivity contribution is 0.462. The Kier molecular flexibility index (Phi) is 5.67. The fraction of sp³-hybridized carbons (Fsp3) is 0.600. The first-order valence-corrected chi connectivity index (χ1v) is 8.10. The normalized spacial score (nSPS) is 13.4. The highest BCUT2D eigenvalue weighted by Gasteiger charge is 2.17. The number of benzene rings is 1. The van der Waals surface area contributed by atoms with Gasteiger partial charge in [0.05, 0.1) is 0 Å². The predicted octanol–water partition coefficient (Wildman–Crippen LogP) is 5.37. The Labute approximate surface area is 131 Å². The molecule has 1 heteroatoms. The van der Waals surface area contributed by atoms with Gasteiger partial charge in [-0.25, -0.2) is 0 Å². The van der Waals surface area contributed by atoms with E-state index in [1.165, 1.54) is 22.4 Å². The fourth-order valence-electron chi connectivity index (χ4n) is 2.40. The summed E-state index contributed by atoms with van der Waals surface area (Å²) in [6.45, 7) is 19.0. The molecule has 1 N–H and O–H groups in total. The summed E-state index contributed by atoms with van der Waals surface area (Å²) in [6, 6.07) is 6.89. The molecule has 0 amide bonds. The Balaban J connectivity index is 3.06. The van der Waals surface area contributed by atoms with Gasteiger partial charge >= 0.3 is 0 Å². The number of nitrogens with one attached hydrogen (secondary N) is 1. The fourth-order valence-corrected chi connectivity index (χ4v) is 2.40. The first-order valence-electron chi connectivity index (χ1n) is 8.10. The van der Waals surface area contributed by atoms with E-state index in [-0.39, 0.29) is 10.8 Å². The zero-order valence-corrected chi connectivity index (χ0v) is 15.2. The van der Waals surface area contributed by atoms with Crippen molar-refractivity contribution >= 4 is 0 Å². The standard InChI is InChI=1S/C20H33N/c1-9-21-18(20(6,7)8)13-11-16-14-17(19(3,4)5)12-10-15(16)2/h10,12-14,21H,9,11H2,1-8H3/b18-13-. The third-order valence-electron chi connectivity index (χ3n) is 3.92. The minimum atomic E-state index is 0.172. The van der Waals surface area contributed by atoms with Gasteiger partial charge in [0.2, 0.25) is 0 Å². The first kappa shape index (κ1) is 17.8. The van der Waals surface area contributed by atoms with Gasteiger partial charge in [0, 0.05) is 17.7 Å². The van der Waals surface area contributed by atoms with Crippen LogP contribution in [0.1, 0.15) is 65.2 Å². The maximum atomic E-state index is 3.52. The van der Waals surface area contributed by atoms with E-state index in [1.54, 1.807) is 0 Å². The second-order valence-electron chi connectivity index (χ2n) is 7.99. The highest BCUT2D eigenvalue weighted by Crippen LogP contribution is 2.26. The summed E-state index contributed by atoms with van der Waals surface area (Å²) >= 11 is 0. The lowest BCUT2D eigenvalue weighted by atomic mass is 9.84. The van der Waals surface area contributed by atoms with E-state index in [9.17, 15) is 0 Å². The Morgan fingerprint density at radius 2 is 1.71 bits per heavy atom. The van der Waals surface area contributed by atoms with Gasteiger partial charge < -0.3 is 5.32 Å². The minimum Gasteiger partial charge on any atom is -0.388 e. The summed E-state index contributed by atoms with van der Waals surface area (Å²) in [5.41, 5.74) is 5.94. The molecule has 0 fully saturated rings. The van der Waals surface area contributed by atoms with Gasteiger partial charge in [0.1, 0.15) is 0 Å². The molecule has 0 spiro atoms. The van der Waals surface area contributed by atoms with Crippen LogP contribution in [0.4, 0.5) is 0 Å². The average molecular weight is 287 g/mol. The molecule has 1 rings (SSSR count). The van der Waals surface area contributed by atoms with E-state index in [4.69, 9.17) is 0 Å². The monoisotopic (exact) mass is 287 g/mol. The summed E-state index contributed by atoms with van der Waals surface area (Å²) in [5.74, 6) is 0. The summed E-state index contributed by atoms with van der Waals surface area (Å²) in [5, 5.41) is 3.52. The zero-order chi connectivity index (χ0) is 16.3. The smallest absolute Gasteiger partial charge is 0.0124 e. The zero-order valence-electron chi connectivity index (χ0n) is 15.2. The molecule has 1 nitrogen and oxygen atoms in total. The molecule has 0 saturated carbocycles. The molecule has 0 aliphatic carbocycles. The SMILES string of the molecule is CCN/C(=C\Cc1cc(C(C)(C)C)ccc1C)C(C)(C)C. The number of hydrogen-bond donors (Lipinski definition) is 1. The van der Waals surface area contributed by atoms with Gasteiger partial charge in [-0.2, -0.15) is 0 Å². The van der Waals surface area contributed by atoms with Crippen molar-refractivity contribution in [2.24, 2.45) is 5.41 Å². The second kappa shape index (κ2) is 6.68. The molecule has 118 valence electrons. The summed E-state index contributed by atoms with van der Waals surface area (Å²) in [4.78, 5) is 0. The van der Waals surface area contributed by atoms with Crippen molar-refractivity contribution in [1.29, 1.82) is 0 Å². The molecule has 0 saturated heterocycles. The highest BCUT2D eigenvalue weighted by molar-refractivity contribution is 5.36. The molecule has 0 bridgehead atoms. The largest absolute Gasteiger partial charge is 0.388 e. The topological polar surface area (TPSA) is 12.0 Å². The molecule has 0 atom stereocenters. The summed E-state index contributed by atoms with van der Waals surface area (Å²) in [6.07, 6.45) is 3.35. The Hall–Kier alpha value is -1.24. The molecule has 1 aromatic rings. The molecule has 0 aliphatic rings. The van der Waals surface area contributed by atoms with Gasteiger partial charge in [-0.1, -0.05) is 65.8 Å². The molecule has 0 unspecified atom stereocenters. The van der Waals surface area contributed by atoms with Gasteiger partial charge in [-0.3, -0.25) is 0 Å². The Morgan fingerprint density at radius 3 is 2.19 bits per heavy atom. The van der Waals surface area contributed by atoms with Crippen LogP contribution in [0, 0.1) is 12.3 Å². The van der Waals surface area contributed by atoms with E-state index < -0.39 is 0 Å². The molecule has 0 radical (unpaired) electrons. The van der Waals surface area contributed by atoms with Crippen LogP contribution in [-0.2, 0) is 11.8 Å². The van der Waals surface area contributed by atoms with Crippen molar-refractivity contribution in [1.82, 2.24) is 5.32 Å². The molecule has 0 heterocycles. The van der Waals surface area contributed by atoms with Crippen LogP contribution >= 0.6 is 0 Å². The Bertz CT molecular complexity index is 496. The van der Waals surface area contributed by atoms with Crippen LogP contribution < -0.4 is 5.32 Å².